The molecule has 0 fully saturated rings. The molecule has 2 aromatic carbocycles. The maximum Gasteiger partial charge on any atom is 0.269 e. The highest BCUT2D eigenvalue weighted by molar-refractivity contribution is 7.80. The third kappa shape index (κ3) is 4.29. The van der Waals surface area contributed by atoms with Gasteiger partial charge >= 0.3 is 0 Å². The van der Waals surface area contributed by atoms with Gasteiger partial charge in [0.15, 0.2) is 5.11 Å². The van der Waals surface area contributed by atoms with Crippen molar-refractivity contribution in [2.75, 3.05) is 12.4 Å². The first kappa shape index (κ1) is 17.9. The zero-order valence-corrected chi connectivity index (χ0v) is 14.8. The minimum absolute atomic E-state index is 0.0835. The standard InChI is InChI=1S/C18H21N3O2S/c1-4-14-8-10-16(11-9-14)19-18(24)20(3)13(2)15-6-5-7-17(12-15)21(22)23/h5-13H,4H2,1-3H3,(H,19,24)/t13-/m1/s1. The second kappa shape index (κ2) is 7.88. The smallest absolute Gasteiger partial charge is 0.269 e. The van der Waals surface area contributed by atoms with Gasteiger partial charge in [0, 0.05) is 24.9 Å². The summed E-state index contributed by atoms with van der Waals surface area (Å²) in [4.78, 5) is 12.4. The molecule has 126 valence electrons. The Kier molecular flexibility index (Phi) is 5.87. The van der Waals surface area contributed by atoms with Gasteiger partial charge in [0.05, 0.1) is 11.0 Å². The molecule has 5 nitrogen and oxygen atoms in total. The number of nitro groups is 1. The van der Waals surface area contributed by atoms with Crippen LogP contribution in [0.2, 0.25) is 0 Å². The molecule has 0 aliphatic heterocycles. The van der Waals surface area contributed by atoms with E-state index in [0.717, 1.165) is 17.7 Å². The number of rotatable bonds is 5. The van der Waals surface area contributed by atoms with Gasteiger partial charge in [-0.05, 0) is 48.8 Å². The fourth-order valence-corrected chi connectivity index (χ4v) is 2.61. The second-order valence-corrected chi connectivity index (χ2v) is 6.01. The molecule has 24 heavy (non-hydrogen) atoms. The molecule has 6 heteroatoms. The molecule has 0 aliphatic carbocycles. The summed E-state index contributed by atoms with van der Waals surface area (Å²) in [6.07, 6.45) is 0.994. The van der Waals surface area contributed by atoms with E-state index >= 15 is 0 Å². The van der Waals surface area contributed by atoms with E-state index in [-0.39, 0.29) is 16.7 Å². The maximum absolute atomic E-state index is 10.9. The van der Waals surface area contributed by atoms with Crippen molar-refractivity contribution in [3.05, 3.63) is 69.8 Å². The molecule has 0 heterocycles. The van der Waals surface area contributed by atoms with Crippen molar-refractivity contribution in [2.24, 2.45) is 0 Å². The number of benzene rings is 2. The third-order valence-corrected chi connectivity index (χ3v) is 4.47. The summed E-state index contributed by atoms with van der Waals surface area (Å²) in [5.41, 5.74) is 3.12. The first-order valence-corrected chi connectivity index (χ1v) is 8.20. The molecular weight excluding hydrogens is 322 g/mol. The van der Waals surface area contributed by atoms with Crippen molar-refractivity contribution in [3.8, 4) is 0 Å². The van der Waals surface area contributed by atoms with E-state index in [1.54, 1.807) is 12.1 Å². The Morgan fingerprint density at radius 1 is 1.29 bits per heavy atom. The summed E-state index contributed by atoms with van der Waals surface area (Å²) in [7, 11) is 1.87. The average Bonchev–Trinajstić information content (AvgIpc) is 2.61. The van der Waals surface area contributed by atoms with Crippen LogP contribution in [0.1, 0.15) is 31.0 Å². The van der Waals surface area contributed by atoms with Crippen LogP contribution in [0.15, 0.2) is 48.5 Å². The maximum atomic E-state index is 10.9. The van der Waals surface area contributed by atoms with E-state index in [9.17, 15) is 10.1 Å². The van der Waals surface area contributed by atoms with Crippen molar-refractivity contribution >= 4 is 28.7 Å². The number of hydrogen-bond donors (Lipinski definition) is 1. The lowest BCUT2D eigenvalue weighted by molar-refractivity contribution is -0.384. The number of nitrogens with zero attached hydrogens (tertiary/aromatic N) is 2. The number of nitrogens with one attached hydrogen (secondary N) is 1. The fourth-order valence-electron chi connectivity index (χ4n) is 2.33. The molecule has 2 aromatic rings. The van der Waals surface area contributed by atoms with Crippen LogP contribution in [0, 0.1) is 10.1 Å². The van der Waals surface area contributed by atoms with Crippen LogP contribution in [0.25, 0.3) is 0 Å². The summed E-state index contributed by atoms with van der Waals surface area (Å²) >= 11 is 5.46. The summed E-state index contributed by atoms with van der Waals surface area (Å²) in [6.45, 7) is 4.08. The molecule has 0 saturated carbocycles. The number of non-ortho nitro benzene ring substituents is 1. The first-order valence-electron chi connectivity index (χ1n) is 7.79. The van der Waals surface area contributed by atoms with Crippen LogP contribution in [0.4, 0.5) is 11.4 Å². The van der Waals surface area contributed by atoms with Crippen LogP contribution in [-0.4, -0.2) is 22.0 Å². The van der Waals surface area contributed by atoms with Gasteiger partial charge in [-0.3, -0.25) is 10.1 Å². The van der Waals surface area contributed by atoms with Crippen molar-refractivity contribution in [1.82, 2.24) is 4.90 Å². The van der Waals surface area contributed by atoms with Crippen LogP contribution in [-0.2, 0) is 6.42 Å². The minimum atomic E-state index is -0.387. The number of nitro benzene ring substituents is 1. The van der Waals surface area contributed by atoms with E-state index in [2.05, 4.69) is 24.4 Å². The highest BCUT2D eigenvalue weighted by Gasteiger charge is 2.17. The molecule has 0 spiro atoms. The molecular formula is C18H21N3O2S. The predicted octanol–water partition coefficient (Wildman–Crippen LogP) is 4.55. The monoisotopic (exact) mass is 343 g/mol. The van der Waals surface area contributed by atoms with Crippen LogP contribution in [0.5, 0.6) is 0 Å². The fraction of sp³-hybridized carbons (Fsp3) is 0.278. The Morgan fingerprint density at radius 2 is 1.96 bits per heavy atom. The Labute approximate surface area is 147 Å². The summed E-state index contributed by atoms with van der Waals surface area (Å²) < 4.78 is 0. The molecule has 0 aromatic heterocycles. The zero-order valence-electron chi connectivity index (χ0n) is 14.0. The van der Waals surface area contributed by atoms with Gasteiger partial charge in [-0.15, -0.1) is 0 Å². The van der Waals surface area contributed by atoms with Gasteiger partial charge in [0.1, 0.15) is 0 Å². The van der Waals surface area contributed by atoms with Crippen molar-refractivity contribution in [3.63, 3.8) is 0 Å². The minimum Gasteiger partial charge on any atom is -0.345 e. The normalized spacial score (nSPS) is 11.6. The highest BCUT2D eigenvalue weighted by Crippen LogP contribution is 2.23. The lowest BCUT2D eigenvalue weighted by Crippen LogP contribution is -2.33. The van der Waals surface area contributed by atoms with Crippen molar-refractivity contribution < 1.29 is 4.92 Å². The molecule has 0 bridgehead atoms. The Balaban J connectivity index is 2.08. The molecule has 0 radical (unpaired) electrons. The van der Waals surface area contributed by atoms with Crippen LogP contribution < -0.4 is 5.32 Å². The average molecular weight is 343 g/mol. The largest absolute Gasteiger partial charge is 0.345 e. The summed E-state index contributed by atoms with van der Waals surface area (Å²) in [5, 5.41) is 14.7. The second-order valence-electron chi connectivity index (χ2n) is 5.62. The number of aryl methyl sites for hydroxylation is 1. The molecule has 1 atom stereocenters. The van der Waals surface area contributed by atoms with Gasteiger partial charge in [-0.2, -0.15) is 0 Å². The van der Waals surface area contributed by atoms with E-state index < -0.39 is 0 Å². The third-order valence-electron chi connectivity index (χ3n) is 4.08. The van der Waals surface area contributed by atoms with Gasteiger partial charge in [-0.1, -0.05) is 31.2 Å². The van der Waals surface area contributed by atoms with E-state index in [0.29, 0.717) is 5.11 Å². The van der Waals surface area contributed by atoms with Gasteiger partial charge in [-0.25, -0.2) is 0 Å². The number of hydrogen-bond acceptors (Lipinski definition) is 3. The highest BCUT2D eigenvalue weighted by atomic mass is 32.1. The number of thiocarbonyl (C=S) groups is 1. The van der Waals surface area contributed by atoms with E-state index in [1.165, 1.54) is 11.6 Å². The molecule has 0 saturated heterocycles. The van der Waals surface area contributed by atoms with Gasteiger partial charge in [0.25, 0.3) is 5.69 Å². The Morgan fingerprint density at radius 3 is 2.54 bits per heavy atom. The van der Waals surface area contributed by atoms with Gasteiger partial charge < -0.3 is 10.2 Å². The van der Waals surface area contributed by atoms with Crippen LogP contribution in [0.3, 0.4) is 0 Å². The predicted molar refractivity (Wildman–Crippen MR) is 101 cm³/mol. The summed E-state index contributed by atoms with van der Waals surface area (Å²) in [6, 6.07) is 14.7. The first-order chi connectivity index (χ1) is 11.4. The summed E-state index contributed by atoms with van der Waals surface area (Å²) in [5.74, 6) is 0. The number of anilines is 1. The van der Waals surface area contributed by atoms with E-state index in [4.69, 9.17) is 12.2 Å². The zero-order chi connectivity index (χ0) is 17.7. The Hall–Kier alpha value is -2.47. The molecule has 0 unspecified atom stereocenters. The lowest BCUT2D eigenvalue weighted by Gasteiger charge is -2.28. The molecule has 2 rings (SSSR count). The van der Waals surface area contributed by atoms with Crippen LogP contribution >= 0.6 is 12.2 Å². The van der Waals surface area contributed by atoms with E-state index in [1.807, 2.05) is 37.1 Å². The van der Waals surface area contributed by atoms with Crippen molar-refractivity contribution in [1.29, 1.82) is 0 Å². The SMILES string of the molecule is CCc1ccc(NC(=S)N(C)[C@H](C)c2cccc([N+](=O)[O-])c2)cc1. The van der Waals surface area contributed by atoms with Crippen molar-refractivity contribution in [2.45, 2.75) is 26.3 Å². The Bertz CT molecular complexity index is 731. The topological polar surface area (TPSA) is 58.4 Å². The molecule has 0 amide bonds. The molecule has 0 aliphatic rings. The quantitative estimate of drug-likeness (QED) is 0.490. The lowest BCUT2D eigenvalue weighted by atomic mass is 10.1. The molecule has 1 N–H and O–H groups in total. The van der Waals surface area contributed by atoms with Gasteiger partial charge in [0.2, 0.25) is 0 Å².